The molecule has 1 saturated heterocycles. The summed E-state index contributed by atoms with van der Waals surface area (Å²) in [6, 6.07) is 8.12. The number of carbonyl (C=O) groups is 1. The van der Waals surface area contributed by atoms with E-state index in [4.69, 9.17) is 4.42 Å². The second-order valence-corrected chi connectivity index (χ2v) is 6.86. The highest BCUT2D eigenvalue weighted by Gasteiger charge is 2.33. The van der Waals surface area contributed by atoms with Gasteiger partial charge < -0.3 is 9.52 Å². The minimum absolute atomic E-state index is 0.0286. The Labute approximate surface area is 128 Å². The van der Waals surface area contributed by atoms with Crippen LogP contribution < -0.4 is 0 Å². The van der Waals surface area contributed by atoms with Crippen molar-refractivity contribution in [1.82, 2.24) is 4.90 Å². The van der Waals surface area contributed by atoms with E-state index in [1.54, 1.807) is 17.6 Å². The molecule has 1 aliphatic heterocycles. The predicted octanol–water partition coefficient (Wildman–Crippen LogP) is 3.54. The maximum absolute atomic E-state index is 11.3. The van der Waals surface area contributed by atoms with Crippen LogP contribution in [-0.4, -0.2) is 29.1 Å². The second-order valence-electron chi connectivity index (χ2n) is 5.54. The molecule has 3 heterocycles. The van der Waals surface area contributed by atoms with Gasteiger partial charge in [0.2, 0.25) is 0 Å². The van der Waals surface area contributed by atoms with Gasteiger partial charge in [-0.1, -0.05) is 0 Å². The maximum atomic E-state index is 11.3. The molecule has 0 spiro atoms. The number of piperidine rings is 1. The van der Waals surface area contributed by atoms with Gasteiger partial charge in [0, 0.05) is 16.3 Å². The largest absolute Gasteiger partial charge is 0.481 e. The highest BCUT2D eigenvalue weighted by Crippen LogP contribution is 2.36. The number of furan rings is 1. The van der Waals surface area contributed by atoms with Crippen LogP contribution >= 0.6 is 11.3 Å². The molecule has 3 rings (SSSR count). The Hall–Kier alpha value is -1.59. The van der Waals surface area contributed by atoms with Crippen molar-refractivity contribution >= 4 is 17.3 Å². The first-order chi connectivity index (χ1) is 10.1. The lowest BCUT2D eigenvalue weighted by Gasteiger charge is -2.35. The molecular formula is C16H19NO3S. The van der Waals surface area contributed by atoms with E-state index in [2.05, 4.69) is 24.0 Å². The summed E-state index contributed by atoms with van der Waals surface area (Å²) in [5, 5.41) is 9.30. The van der Waals surface area contributed by atoms with Gasteiger partial charge in [-0.2, -0.15) is 0 Å². The third-order valence-corrected chi connectivity index (χ3v) is 5.06. The average Bonchev–Trinajstić information content (AvgIpc) is 3.12. The zero-order valence-corrected chi connectivity index (χ0v) is 12.8. The Morgan fingerprint density at radius 1 is 1.48 bits per heavy atom. The van der Waals surface area contributed by atoms with Gasteiger partial charge in [-0.15, -0.1) is 11.3 Å². The number of hydrogen-bond donors (Lipinski definition) is 1. The molecule has 2 unspecified atom stereocenters. The third-order valence-electron chi connectivity index (χ3n) is 4.01. The van der Waals surface area contributed by atoms with Crippen LogP contribution in [-0.2, 0) is 4.79 Å². The summed E-state index contributed by atoms with van der Waals surface area (Å²) in [5.41, 5.74) is 0. The molecule has 0 bridgehead atoms. The van der Waals surface area contributed by atoms with Crippen LogP contribution in [0, 0.1) is 12.8 Å². The lowest BCUT2D eigenvalue weighted by Crippen LogP contribution is -2.41. The predicted molar refractivity (Wildman–Crippen MR) is 81.5 cm³/mol. The van der Waals surface area contributed by atoms with E-state index in [-0.39, 0.29) is 12.0 Å². The SMILES string of the molecule is Cc1ccc(C(c2ccco2)N2CCCC(C(=O)O)C2)s1. The maximum Gasteiger partial charge on any atom is 0.307 e. The van der Waals surface area contributed by atoms with Gasteiger partial charge in [0.15, 0.2) is 0 Å². The number of carboxylic acids is 1. The van der Waals surface area contributed by atoms with Gasteiger partial charge in [0.05, 0.1) is 12.2 Å². The number of aryl methyl sites for hydroxylation is 1. The van der Waals surface area contributed by atoms with Crippen LogP contribution in [0.2, 0.25) is 0 Å². The normalized spacial score (nSPS) is 21.3. The van der Waals surface area contributed by atoms with E-state index >= 15 is 0 Å². The summed E-state index contributed by atoms with van der Waals surface area (Å²) in [6.45, 7) is 3.58. The zero-order chi connectivity index (χ0) is 14.8. The molecule has 1 fully saturated rings. The van der Waals surface area contributed by atoms with Crippen molar-refractivity contribution in [2.75, 3.05) is 13.1 Å². The van der Waals surface area contributed by atoms with Crippen LogP contribution in [0.1, 0.15) is 34.4 Å². The Kier molecular flexibility index (Phi) is 4.12. The molecule has 112 valence electrons. The zero-order valence-electron chi connectivity index (χ0n) is 12.0. The van der Waals surface area contributed by atoms with E-state index in [9.17, 15) is 9.90 Å². The number of thiophene rings is 1. The molecule has 0 radical (unpaired) electrons. The standard InChI is InChI=1S/C16H19NO3S/c1-11-6-7-14(21-11)15(13-5-3-9-20-13)17-8-2-4-12(10-17)16(18)19/h3,5-7,9,12,15H,2,4,8,10H2,1H3,(H,18,19). The van der Waals surface area contributed by atoms with Crippen LogP contribution in [0.4, 0.5) is 0 Å². The summed E-state index contributed by atoms with van der Waals surface area (Å²) in [6.07, 6.45) is 3.36. The van der Waals surface area contributed by atoms with Gasteiger partial charge in [-0.3, -0.25) is 9.69 Å². The average molecular weight is 305 g/mol. The van der Waals surface area contributed by atoms with Gasteiger partial charge in [-0.25, -0.2) is 0 Å². The van der Waals surface area contributed by atoms with Crippen LogP contribution in [0.15, 0.2) is 34.9 Å². The molecule has 1 aliphatic rings. The number of carboxylic acid groups (broad SMARTS) is 1. The first kappa shape index (κ1) is 14.4. The molecule has 1 N–H and O–H groups in total. The Morgan fingerprint density at radius 2 is 2.33 bits per heavy atom. The van der Waals surface area contributed by atoms with Crippen molar-refractivity contribution in [2.45, 2.75) is 25.8 Å². The smallest absolute Gasteiger partial charge is 0.307 e. The molecule has 4 nitrogen and oxygen atoms in total. The number of aliphatic carboxylic acids is 1. The van der Waals surface area contributed by atoms with Crippen molar-refractivity contribution in [3.63, 3.8) is 0 Å². The lowest BCUT2D eigenvalue weighted by atomic mass is 9.96. The number of likely N-dealkylation sites (tertiary alicyclic amines) is 1. The van der Waals surface area contributed by atoms with Crippen molar-refractivity contribution in [3.8, 4) is 0 Å². The summed E-state index contributed by atoms with van der Waals surface area (Å²) in [5.74, 6) is -0.0829. The van der Waals surface area contributed by atoms with Gasteiger partial charge in [-0.05, 0) is 50.6 Å². The molecule has 2 atom stereocenters. The molecule has 5 heteroatoms. The molecule has 21 heavy (non-hydrogen) atoms. The molecule has 0 amide bonds. The van der Waals surface area contributed by atoms with Crippen LogP contribution in [0.5, 0.6) is 0 Å². The fraction of sp³-hybridized carbons (Fsp3) is 0.438. The fourth-order valence-corrected chi connectivity index (χ4v) is 4.01. The molecule has 2 aromatic heterocycles. The van der Waals surface area contributed by atoms with E-state index in [0.717, 1.165) is 25.1 Å². The quantitative estimate of drug-likeness (QED) is 0.939. The Bertz CT molecular complexity index is 605. The summed E-state index contributed by atoms with van der Waals surface area (Å²) < 4.78 is 5.63. The number of rotatable bonds is 4. The van der Waals surface area contributed by atoms with Crippen molar-refractivity contribution < 1.29 is 14.3 Å². The van der Waals surface area contributed by atoms with E-state index in [1.807, 2.05) is 12.1 Å². The minimum atomic E-state index is -0.694. The summed E-state index contributed by atoms with van der Waals surface area (Å²) in [4.78, 5) is 16.0. The lowest BCUT2D eigenvalue weighted by molar-refractivity contribution is -0.143. The second kappa shape index (κ2) is 6.03. The third kappa shape index (κ3) is 3.04. The van der Waals surface area contributed by atoms with Crippen molar-refractivity contribution in [1.29, 1.82) is 0 Å². The number of nitrogens with zero attached hydrogens (tertiary/aromatic N) is 1. The van der Waals surface area contributed by atoms with Crippen LogP contribution in [0.25, 0.3) is 0 Å². The topological polar surface area (TPSA) is 53.7 Å². The van der Waals surface area contributed by atoms with E-state index in [0.29, 0.717) is 6.54 Å². The molecule has 0 aliphatic carbocycles. The highest BCUT2D eigenvalue weighted by molar-refractivity contribution is 7.12. The summed E-state index contributed by atoms with van der Waals surface area (Å²) in [7, 11) is 0. The fourth-order valence-electron chi connectivity index (χ4n) is 2.99. The number of hydrogen-bond acceptors (Lipinski definition) is 4. The first-order valence-electron chi connectivity index (χ1n) is 7.22. The first-order valence-corrected chi connectivity index (χ1v) is 8.03. The summed E-state index contributed by atoms with van der Waals surface area (Å²) >= 11 is 1.75. The van der Waals surface area contributed by atoms with Crippen LogP contribution in [0.3, 0.4) is 0 Å². The highest BCUT2D eigenvalue weighted by atomic mass is 32.1. The minimum Gasteiger partial charge on any atom is -0.481 e. The van der Waals surface area contributed by atoms with Crippen molar-refractivity contribution in [3.05, 3.63) is 46.0 Å². The van der Waals surface area contributed by atoms with Crippen molar-refractivity contribution in [2.24, 2.45) is 5.92 Å². The molecule has 2 aromatic rings. The van der Waals surface area contributed by atoms with Gasteiger partial charge >= 0.3 is 5.97 Å². The monoisotopic (exact) mass is 305 g/mol. The Morgan fingerprint density at radius 3 is 2.95 bits per heavy atom. The van der Waals surface area contributed by atoms with E-state index < -0.39 is 5.97 Å². The van der Waals surface area contributed by atoms with E-state index in [1.165, 1.54) is 9.75 Å². The molecule has 0 aromatic carbocycles. The Balaban J connectivity index is 1.90. The molecule has 0 saturated carbocycles. The molecular weight excluding hydrogens is 286 g/mol. The van der Waals surface area contributed by atoms with Gasteiger partial charge in [0.1, 0.15) is 11.8 Å². The van der Waals surface area contributed by atoms with Gasteiger partial charge in [0.25, 0.3) is 0 Å².